The molecule has 0 saturated heterocycles. The zero-order chi connectivity index (χ0) is 19.0. The number of ether oxygens (including phenoxy) is 2. The fourth-order valence-corrected chi connectivity index (χ4v) is 2.08. The smallest absolute Gasteiger partial charge is 0.328 e. The first-order chi connectivity index (χ1) is 11.6. The van der Waals surface area contributed by atoms with E-state index in [1.165, 1.54) is 31.4 Å². The zero-order valence-corrected chi connectivity index (χ0v) is 14.9. The summed E-state index contributed by atoms with van der Waals surface area (Å²) in [6.45, 7) is 5.23. The van der Waals surface area contributed by atoms with E-state index in [9.17, 15) is 18.8 Å². The second-order valence-corrected chi connectivity index (χ2v) is 6.57. The summed E-state index contributed by atoms with van der Waals surface area (Å²) in [7, 11) is 1.20. The average Bonchev–Trinajstić information content (AvgIpc) is 2.51. The molecule has 0 unspecified atom stereocenters. The lowest BCUT2D eigenvalue weighted by Gasteiger charge is -2.21. The molecule has 0 radical (unpaired) electrons. The largest absolute Gasteiger partial charge is 0.467 e. The molecule has 0 spiro atoms. The van der Waals surface area contributed by atoms with Gasteiger partial charge in [0.2, 0.25) is 5.91 Å². The maximum Gasteiger partial charge on any atom is 0.328 e. The van der Waals surface area contributed by atoms with E-state index in [0.29, 0.717) is 5.56 Å². The number of hydrogen-bond donors (Lipinski definition) is 1. The lowest BCUT2D eigenvalue weighted by Crippen LogP contribution is -2.42. The molecule has 1 rings (SSSR count). The molecule has 1 aromatic rings. The molecule has 1 N–H and O–H groups in total. The van der Waals surface area contributed by atoms with Crippen molar-refractivity contribution in [3.8, 4) is 0 Å². The van der Waals surface area contributed by atoms with Gasteiger partial charge >= 0.3 is 11.9 Å². The summed E-state index contributed by atoms with van der Waals surface area (Å²) in [5.41, 5.74) is -0.0152. The van der Waals surface area contributed by atoms with Gasteiger partial charge in [0.1, 0.15) is 17.5 Å². The zero-order valence-electron chi connectivity index (χ0n) is 14.9. The first kappa shape index (κ1) is 20.6. The molecule has 138 valence electrons. The fraction of sp³-hybridized carbons (Fsp3) is 0.500. The predicted octanol–water partition coefficient (Wildman–Crippen LogP) is 2.15. The Morgan fingerprint density at radius 1 is 1.16 bits per heavy atom. The van der Waals surface area contributed by atoms with E-state index in [4.69, 9.17) is 4.74 Å². The predicted molar refractivity (Wildman–Crippen MR) is 89.1 cm³/mol. The van der Waals surface area contributed by atoms with Crippen molar-refractivity contribution in [1.82, 2.24) is 5.32 Å². The molecule has 1 atom stereocenters. The van der Waals surface area contributed by atoms with Crippen LogP contribution < -0.4 is 5.32 Å². The van der Waals surface area contributed by atoms with Crippen LogP contribution in [0.1, 0.15) is 39.2 Å². The Labute approximate surface area is 146 Å². The maximum atomic E-state index is 12.9. The van der Waals surface area contributed by atoms with E-state index in [1.807, 2.05) is 0 Å². The number of carbonyl (C=O) groups excluding carboxylic acids is 3. The molecular formula is C18H24FNO5. The SMILES string of the molecule is COC(=O)[C@H](CCC(=O)OC(C)(C)C)NC(=O)Cc1ccc(F)cc1. The molecule has 0 aliphatic carbocycles. The Bertz CT molecular complexity index is 607. The van der Waals surface area contributed by atoms with Crippen LogP contribution in [-0.2, 0) is 30.3 Å². The molecular weight excluding hydrogens is 329 g/mol. The monoisotopic (exact) mass is 353 g/mol. The number of methoxy groups -OCH3 is 1. The van der Waals surface area contributed by atoms with Gasteiger partial charge in [-0.05, 0) is 44.9 Å². The number of carbonyl (C=O) groups is 3. The van der Waals surface area contributed by atoms with E-state index in [0.717, 1.165) is 0 Å². The van der Waals surface area contributed by atoms with Gasteiger partial charge in [-0.2, -0.15) is 0 Å². The number of hydrogen-bond acceptors (Lipinski definition) is 5. The highest BCUT2D eigenvalue weighted by atomic mass is 19.1. The van der Waals surface area contributed by atoms with Crippen LogP contribution in [0, 0.1) is 5.82 Å². The third-order valence-electron chi connectivity index (χ3n) is 3.16. The molecule has 0 heterocycles. The van der Waals surface area contributed by atoms with Crippen LogP contribution >= 0.6 is 0 Å². The molecule has 0 aliphatic rings. The molecule has 1 amide bonds. The highest BCUT2D eigenvalue weighted by molar-refractivity contribution is 5.86. The summed E-state index contributed by atoms with van der Waals surface area (Å²) < 4.78 is 22.7. The van der Waals surface area contributed by atoms with Crippen molar-refractivity contribution in [3.05, 3.63) is 35.6 Å². The van der Waals surface area contributed by atoms with Crippen LogP contribution in [-0.4, -0.2) is 36.6 Å². The molecule has 0 fully saturated rings. The number of rotatable bonds is 7. The standard InChI is InChI=1S/C18H24FNO5/c1-18(2,3)25-16(22)10-9-14(17(23)24-4)20-15(21)11-12-5-7-13(19)8-6-12/h5-8,14H,9-11H2,1-4H3,(H,20,21)/t14-/m0/s1. The number of esters is 2. The van der Waals surface area contributed by atoms with Gasteiger partial charge in [0.15, 0.2) is 0 Å². The van der Waals surface area contributed by atoms with Crippen molar-refractivity contribution in [2.75, 3.05) is 7.11 Å². The Kier molecular flexibility index (Phi) is 7.54. The van der Waals surface area contributed by atoms with Crippen LogP contribution in [0.25, 0.3) is 0 Å². The quantitative estimate of drug-likeness (QED) is 0.760. The van der Waals surface area contributed by atoms with Crippen LogP contribution in [0.4, 0.5) is 4.39 Å². The minimum Gasteiger partial charge on any atom is -0.467 e. The first-order valence-electron chi connectivity index (χ1n) is 7.94. The van der Waals surface area contributed by atoms with Gasteiger partial charge < -0.3 is 14.8 Å². The van der Waals surface area contributed by atoms with Crippen LogP contribution in [0.5, 0.6) is 0 Å². The third-order valence-corrected chi connectivity index (χ3v) is 3.16. The van der Waals surface area contributed by atoms with Crippen molar-refractivity contribution >= 4 is 17.8 Å². The molecule has 7 heteroatoms. The highest BCUT2D eigenvalue weighted by Gasteiger charge is 2.24. The second-order valence-electron chi connectivity index (χ2n) is 6.57. The number of benzene rings is 1. The normalized spacial score (nSPS) is 12.2. The van der Waals surface area contributed by atoms with Gasteiger partial charge in [-0.1, -0.05) is 12.1 Å². The van der Waals surface area contributed by atoms with Gasteiger partial charge in [0, 0.05) is 6.42 Å². The minimum atomic E-state index is -0.953. The van der Waals surface area contributed by atoms with Crippen molar-refractivity contribution in [2.24, 2.45) is 0 Å². The van der Waals surface area contributed by atoms with Crippen molar-refractivity contribution in [3.63, 3.8) is 0 Å². The average molecular weight is 353 g/mol. The van der Waals surface area contributed by atoms with Gasteiger partial charge in [-0.3, -0.25) is 9.59 Å². The van der Waals surface area contributed by atoms with E-state index >= 15 is 0 Å². The maximum absolute atomic E-state index is 12.9. The minimum absolute atomic E-state index is 0.0137. The van der Waals surface area contributed by atoms with Crippen LogP contribution in [0.15, 0.2) is 24.3 Å². The molecule has 0 saturated carbocycles. The molecule has 6 nitrogen and oxygen atoms in total. The van der Waals surface area contributed by atoms with Gasteiger partial charge in [0.05, 0.1) is 13.5 Å². The van der Waals surface area contributed by atoms with Gasteiger partial charge in [-0.25, -0.2) is 9.18 Å². The molecule has 0 aliphatic heterocycles. The van der Waals surface area contributed by atoms with Crippen LogP contribution in [0.2, 0.25) is 0 Å². The Morgan fingerprint density at radius 2 is 1.76 bits per heavy atom. The van der Waals surface area contributed by atoms with Crippen molar-refractivity contribution < 1.29 is 28.2 Å². The summed E-state index contributed by atoms with van der Waals surface area (Å²) in [5, 5.41) is 2.53. The second kappa shape index (κ2) is 9.15. The molecule has 1 aromatic carbocycles. The van der Waals surface area contributed by atoms with E-state index in [1.54, 1.807) is 20.8 Å². The van der Waals surface area contributed by atoms with E-state index in [2.05, 4.69) is 10.1 Å². The lowest BCUT2D eigenvalue weighted by atomic mass is 10.1. The number of halogens is 1. The first-order valence-corrected chi connectivity index (χ1v) is 7.94. The summed E-state index contributed by atoms with van der Waals surface area (Å²) >= 11 is 0. The van der Waals surface area contributed by atoms with Crippen molar-refractivity contribution in [1.29, 1.82) is 0 Å². The van der Waals surface area contributed by atoms with E-state index < -0.39 is 35.3 Å². The summed E-state index contributed by atoms with van der Waals surface area (Å²) in [6.07, 6.45) is 0.0187. The van der Waals surface area contributed by atoms with Crippen LogP contribution in [0.3, 0.4) is 0 Å². The topological polar surface area (TPSA) is 81.7 Å². The molecule has 25 heavy (non-hydrogen) atoms. The fourth-order valence-electron chi connectivity index (χ4n) is 2.08. The van der Waals surface area contributed by atoms with Gasteiger partial charge in [0.25, 0.3) is 0 Å². The van der Waals surface area contributed by atoms with Crippen molar-refractivity contribution in [2.45, 2.75) is 51.7 Å². The Balaban J connectivity index is 2.60. The Hall–Kier alpha value is -2.44. The van der Waals surface area contributed by atoms with E-state index in [-0.39, 0.29) is 19.3 Å². The van der Waals surface area contributed by atoms with Gasteiger partial charge in [-0.15, -0.1) is 0 Å². The lowest BCUT2D eigenvalue weighted by molar-refractivity contribution is -0.155. The number of amides is 1. The summed E-state index contributed by atoms with van der Waals surface area (Å²) in [6, 6.07) is 4.53. The summed E-state index contributed by atoms with van der Waals surface area (Å²) in [5.74, 6) is -1.93. The highest BCUT2D eigenvalue weighted by Crippen LogP contribution is 2.11. The number of nitrogens with one attached hydrogen (secondary N) is 1. The molecule has 0 bridgehead atoms. The summed E-state index contributed by atoms with van der Waals surface area (Å²) in [4.78, 5) is 35.6. The third kappa shape index (κ3) is 8.28. The Morgan fingerprint density at radius 3 is 2.28 bits per heavy atom. The molecule has 0 aromatic heterocycles.